The number of nitrogens with two attached hydrogens (primary N) is 3. The van der Waals surface area contributed by atoms with E-state index in [9.17, 15) is 122 Å². The van der Waals surface area contributed by atoms with Crippen LogP contribution in [0.4, 0.5) is 0 Å². The van der Waals surface area contributed by atoms with E-state index in [1.165, 1.54) is 36.8 Å². The first-order chi connectivity index (χ1) is 68.4. The number of hydrogen-bond donors (Lipinski definition) is 25. The molecule has 1 heterocycles. The SMILES string of the molecule is CSCC[C@H](NC(=O)[C@H](CO)NC(=O)[C@H](CCCCN)NC(=O)[C@H](CO)NC(=O)[C@H](Cc1ccccc1)NC(=O)[C@H](CCC(=O)O)NC(=O)[C@H](CCCCN)NC(=O)[C@H](Cc1ccccc1)N(C)C(C)=O)C(=O)N[C@@H](CO)C(=O)N[C@@H](CCC(=O)O)C(=O)N[C@@H](Cc1c[nH]c2ccccc12)C(=O)N[C@@H](Cc1ccccc1)C(=O)N[C@@H](CCCCN)C(=O)N[C@@H](CCC(=O)O)C(=O)N[C@@H](Cc1ccccc1)C(=O)O. The molecule has 0 saturated heterocycles. The lowest BCUT2D eigenvalue weighted by molar-refractivity contribution is -0.143. The second kappa shape index (κ2) is 62.8. The normalized spacial score (nSPS) is 14.2. The number of para-hydroxylation sites is 1. The van der Waals surface area contributed by atoms with E-state index in [1.807, 2.05) is 0 Å². The van der Waals surface area contributed by atoms with Gasteiger partial charge in [0.05, 0.1) is 19.8 Å². The smallest absolute Gasteiger partial charge is 0.326 e. The highest BCUT2D eigenvalue weighted by Gasteiger charge is 2.40. The number of unbranched alkanes of at least 4 members (excludes halogenated alkanes) is 3. The summed E-state index contributed by atoms with van der Waals surface area (Å²) in [5.41, 5.74) is 20.5. The number of H-pyrrole nitrogens is 1. The van der Waals surface area contributed by atoms with Gasteiger partial charge in [-0.3, -0.25) is 86.3 Å². The minimum atomic E-state index is -2.02. The number of fused-ring (bicyclic) bond motifs is 1. The maximum Gasteiger partial charge on any atom is 0.326 e. The molecular weight excluding hydrogens is 1880 g/mol. The Balaban J connectivity index is 1.20. The summed E-state index contributed by atoms with van der Waals surface area (Å²) in [5, 5.41) is 107. The van der Waals surface area contributed by atoms with Crippen LogP contribution < -0.4 is 91.6 Å². The van der Waals surface area contributed by atoms with Gasteiger partial charge in [-0.2, -0.15) is 11.8 Å². The number of hydrogen-bond acceptors (Lipinski definition) is 26. The van der Waals surface area contributed by atoms with Crippen molar-refractivity contribution in [2.45, 2.75) is 232 Å². The molecule has 15 atom stereocenters. The van der Waals surface area contributed by atoms with Crippen molar-refractivity contribution in [3.8, 4) is 0 Å². The number of rotatable bonds is 67. The highest BCUT2D eigenvalue weighted by molar-refractivity contribution is 7.98. The number of benzene rings is 5. The van der Waals surface area contributed by atoms with Gasteiger partial charge in [0, 0.05) is 82.4 Å². The third-order valence-corrected chi connectivity index (χ3v) is 23.9. The third kappa shape index (κ3) is 41.0. The molecule has 5 aromatic carbocycles. The lowest BCUT2D eigenvalue weighted by atomic mass is 10.0. The van der Waals surface area contributed by atoms with Gasteiger partial charge < -0.3 is 137 Å². The van der Waals surface area contributed by atoms with Crippen LogP contribution in [-0.4, -0.2) is 307 Å². The quantitative estimate of drug-likeness (QED) is 0.0170. The highest BCUT2D eigenvalue weighted by atomic mass is 32.2. The Morgan fingerprint density at radius 3 is 0.860 bits per heavy atom. The van der Waals surface area contributed by atoms with Crippen molar-refractivity contribution >= 4 is 135 Å². The summed E-state index contributed by atoms with van der Waals surface area (Å²) in [6.45, 7) is -1.93. The lowest BCUT2D eigenvalue weighted by Crippen LogP contribution is -2.62. The zero-order valence-electron chi connectivity index (χ0n) is 79.9. The van der Waals surface area contributed by atoms with Gasteiger partial charge in [0.25, 0.3) is 0 Å². The molecule has 143 heavy (non-hydrogen) atoms. The van der Waals surface area contributed by atoms with Crippen LogP contribution in [-0.2, 0) is 123 Å². The summed E-state index contributed by atoms with van der Waals surface area (Å²) in [5.74, 6) is -21.5. The molecule has 1 aromatic heterocycles. The Morgan fingerprint density at radius 1 is 0.308 bits per heavy atom. The Kier molecular flexibility index (Phi) is 51.5. The molecule has 6 rings (SSSR count). The second-order valence-corrected chi connectivity index (χ2v) is 35.1. The minimum absolute atomic E-state index is 0.0370. The van der Waals surface area contributed by atoms with Crippen molar-refractivity contribution < 1.29 is 127 Å². The van der Waals surface area contributed by atoms with Gasteiger partial charge in [-0.05, 0) is 149 Å². The van der Waals surface area contributed by atoms with Gasteiger partial charge in [0.1, 0.15) is 90.6 Å². The average molecular weight is 2010 g/mol. The summed E-state index contributed by atoms with van der Waals surface area (Å²) >= 11 is 1.17. The molecule has 28 N–H and O–H groups in total. The molecule has 46 heteroatoms. The number of aliphatic carboxylic acids is 4. The molecule has 0 saturated carbocycles. The van der Waals surface area contributed by atoms with Crippen molar-refractivity contribution in [2.24, 2.45) is 17.2 Å². The Hall–Kier alpha value is -14.3. The first-order valence-corrected chi connectivity index (χ1v) is 48.3. The number of amides is 15. The maximum atomic E-state index is 15.3. The number of aliphatic hydroxyl groups excluding tert-OH is 3. The fourth-order valence-electron chi connectivity index (χ4n) is 15.1. The van der Waals surface area contributed by atoms with Crippen LogP contribution in [0.5, 0.6) is 0 Å². The third-order valence-electron chi connectivity index (χ3n) is 23.3. The monoisotopic (exact) mass is 2010 g/mol. The number of thioether (sulfide) groups is 1. The minimum Gasteiger partial charge on any atom is -0.481 e. The predicted octanol–water partition coefficient (Wildman–Crippen LogP) is -2.89. The number of aliphatic hydroxyl groups is 3. The van der Waals surface area contributed by atoms with Gasteiger partial charge in [-0.25, -0.2) is 4.79 Å². The number of nitrogens with zero attached hydrogens (tertiary/aromatic N) is 1. The summed E-state index contributed by atoms with van der Waals surface area (Å²) in [7, 11) is 1.41. The number of nitrogens with one attached hydrogen (secondary N) is 15. The van der Waals surface area contributed by atoms with Gasteiger partial charge in [-0.1, -0.05) is 140 Å². The van der Waals surface area contributed by atoms with Gasteiger partial charge in [-0.15, -0.1) is 0 Å². The van der Waals surface area contributed by atoms with Gasteiger partial charge >= 0.3 is 23.9 Å². The maximum absolute atomic E-state index is 15.3. The molecule has 0 aliphatic heterocycles. The van der Waals surface area contributed by atoms with Crippen molar-refractivity contribution in [2.75, 3.05) is 58.5 Å². The fraction of sp³-hybridized carbons (Fsp3) is 0.474. The van der Waals surface area contributed by atoms with E-state index >= 15 is 4.79 Å². The van der Waals surface area contributed by atoms with Crippen LogP contribution in [0.15, 0.2) is 152 Å². The number of carboxylic acids is 4. The van der Waals surface area contributed by atoms with Crippen molar-refractivity contribution in [1.82, 2.24) is 84.3 Å². The molecule has 0 aliphatic rings. The van der Waals surface area contributed by atoms with Crippen LogP contribution in [0, 0.1) is 0 Å². The molecule has 15 amide bonds. The fourth-order valence-corrected chi connectivity index (χ4v) is 15.6. The molecule has 0 spiro atoms. The Labute approximate surface area is 830 Å². The van der Waals surface area contributed by atoms with E-state index < -0.39 is 261 Å². The number of carboxylic acid groups (broad SMARTS) is 4. The van der Waals surface area contributed by atoms with E-state index in [0.29, 0.717) is 51.6 Å². The molecule has 0 bridgehead atoms. The molecule has 45 nitrogen and oxygen atoms in total. The molecule has 6 aromatic rings. The molecule has 0 unspecified atom stereocenters. The first-order valence-electron chi connectivity index (χ1n) is 46.9. The summed E-state index contributed by atoms with van der Waals surface area (Å²) < 4.78 is 0. The largest absolute Gasteiger partial charge is 0.481 e. The highest BCUT2D eigenvalue weighted by Crippen LogP contribution is 2.22. The Bertz CT molecular complexity index is 5210. The summed E-state index contributed by atoms with van der Waals surface area (Å²) in [4.78, 5) is 269. The van der Waals surface area contributed by atoms with Crippen LogP contribution >= 0.6 is 11.8 Å². The summed E-state index contributed by atoms with van der Waals surface area (Å²) in [6.07, 6.45) is -1.23. The van der Waals surface area contributed by atoms with Gasteiger partial charge in [0.2, 0.25) is 88.6 Å². The van der Waals surface area contributed by atoms with Crippen molar-refractivity contribution in [3.05, 3.63) is 180 Å². The topological polar surface area (TPSA) is 731 Å². The van der Waals surface area contributed by atoms with E-state index in [4.69, 9.17) is 17.2 Å². The number of aromatic amines is 1. The standard InChI is InChI=1S/C97H133N19O26S/c1-57(120)116(2)79(51-61-30-14-7-15-31-61)96(140)108-67(36-20-23-46-100)84(128)104-68(37-40-80(121)122)86(130)109-73(49-59-26-10-5-11-27-59)91(135)115-78(56-119)93(137)103-66(35-19-22-45-99)85(129)113-77(55-118)95(139)107-71(43-47-143-3)89(133)114-76(54-117)94(138)106-69(38-41-81(123)124)87(131)111-74(52-62-53-101-64-33-17-16-32-63(62)64)92(136)110-72(48-58-24-8-4-9-25-58)90(134)102-65(34-18-21-44-98)83(127)105-70(39-42-82(125)126)88(132)112-75(97(141)142)50-60-28-12-6-13-29-60/h4-17,24-33,53,65-79,101,117-119H,18-23,34-52,54-56,98-100H2,1-3H3,(H,102,134)(H,103,137)(H,104,128)(H,105,127)(H,106,138)(H,107,139)(H,108,140)(H,109,130)(H,110,136)(H,111,131)(H,112,132)(H,113,129)(H,114,133)(H,115,135)(H,121,122)(H,123,124)(H,125,126)(H,141,142)/t65-,66-,67-,68-,69-,70-,71-,72-,73-,74-,75-,76-,77-,78-,79-/m0/s1. The molecular formula is C97H133N19O26S. The first kappa shape index (κ1) is 117. The van der Waals surface area contributed by atoms with E-state index in [2.05, 4.69) is 79.4 Å². The number of aromatic nitrogens is 1. The number of carbonyl (C=O) groups is 19. The Morgan fingerprint density at radius 2 is 0.559 bits per heavy atom. The zero-order valence-corrected chi connectivity index (χ0v) is 80.7. The van der Waals surface area contributed by atoms with E-state index in [-0.39, 0.29) is 109 Å². The van der Waals surface area contributed by atoms with Crippen LogP contribution in [0.25, 0.3) is 10.9 Å². The van der Waals surface area contributed by atoms with Crippen LogP contribution in [0.1, 0.15) is 137 Å². The average Bonchev–Trinajstić information content (AvgIpc) is 1.69. The van der Waals surface area contributed by atoms with Crippen LogP contribution in [0.3, 0.4) is 0 Å². The van der Waals surface area contributed by atoms with Crippen molar-refractivity contribution in [1.29, 1.82) is 0 Å². The van der Waals surface area contributed by atoms with Crippen molar-refractivity contribution in [3.63, 3.8) is 0 Å². The van der Waals surface area contributed by atoms with Crippen LogP contribution in [0.2, 0.25) is 0 Å². The predicted molar refractivity (Wildman–Crippen MR) is 523 cm³/mol. The second-order valence-electron chi connectivity index (χ2n) is 34.1. The zero-order chi connectivity index (χ0) is 105. The molecule has 0 fully saturated rings. The molecule has 0 radical (unpaired) electrons. The summed E-state index contributed by atoms with van der Waals surface area (Å²) in [6, 6.07) is 14.7. The van der Waals surface area contributed by atoms with E-state index in [1.54, 1.807) is 152 Å². The lowest BCUT2D eigenvalue weighted by Gasteiger charge is -2.29. The van der Waals surface area contributed by atoms with E-state index in [0.717, 1.165) is 0 Å². The molecule has 778 valence electrons. The number of likely N-dealkylation sites (N-methyl/N-ethyl adjacent to an activating group) is 1. The molecule has 0 aliphatic carbocycles. The number of carbonyl (C=O) groups excluding carboxylic acids is 15. The van der Waals surface area contributed by atoms with Gasteiger partial charge in [0.15, 0.2) is 0 Å².